The van der Waals surface area contributed by atoms with Crippen molar-refractivity contribution in [1.82, 2.24) is 4.90 Å². The molecule has 0 saturated heterocycles. The lowest BCUT2D eigenvalue weighted by Gasteiger charge is -2.24. The van der Waals surface area contributed by atoms with E-state index in [4.69, 9.17) is 5.73 Å². The lowest BCUT2D eigenvalue weighted by Crippen LogP contribution is -2.28. The Morgan fingerprint density at radius 3 is 2.41 bits per heavy atom. The van der Waals surface area contributed by atoms with Crippen molar-refractivity contribution in [2.24, 2.45) is 5.92 Å². The van der Waals surface area contributed by atoms with Gasteiger partial charge in [-0.3, -0.25) is 4.90 Å². The van der Waals surface area contributed by atoms with Gasteiger partial charge in [0.1, 0.15) is 0 Å². The molecule has 1 saturated carbocycles. The van der Waals surface area contributed by atoms with Gasteiger partial charge in [-0.1, -0.05) is 31.9 Å². The predicted octanol–water partition coefficient (Wildman–Crippen LogP) is 3.28. The van der Waals surface area contributed by atoms with Gasteiger partial charge < -0.3 is 5.73 Å². The molecule has 2 rings (SSSR count). The van der Waals surface area contributed by atoms with Crippen molar-refractivity contribution in [3.63, 3.8) is 0 Å². The van der Waals surface area contributed by atoms with Gasteiger partial charge in [0.15, 0.2) is 0 Å². The van der Waals surface area contributed by atoms with Gasteiger partial charge in [-0.2, -0.15) is 0 Å². The molecule has 0 heterocycles. The highest BCUT2D eigenvalue weighted by atomic mass is 15.1. The van der Waals surface area contributed by atoms with Crippen LogP contribution in [0.25, 0.3) is 0 Å². The van der Waals surface area contributed by atoms with Crippen molar-refractivity contribution in [2.75, 3.05) is 18.8 Å². The topological polar surface area (TPSA) is 29.3 Å². The van der Waals surface area contributed by atoms with Gasteiger partial charge >= 0.3 is 0 Å². The maximum atomic E-state index is 5.71. The molecule has 0 spiro atoms. The molecular formula is C15H24N2. The smallest absolute Gasteiger partial charge is 0.0314 e. The largest absolute Gasteiger partial charge is 0.399 e. The summed E-state index contributed by atoms with van der Waals surface area (Å²) in [5, 5.41) is 0. The van der Waals surface area contributed by atoms with Crippen molar-refractivity contribution in [1.29, 1.82) is 0 Å². The molecule has 0 atom stereocenters. The first kappa shape index (κ1) is 12.4. The number of hydrogen-bond donors (Lipinski definition) is 1. The van der Waals surface area contributed by atoms with Gasteiger partial charge in [0.25, 0.3) is 0 Å². The second kappa shape index (κ2) is 6.06. The molecule has 0 aromatic heterocycles. The molecule has 1 aromatic rings. The molecule has 0 amide bonds. The summed E-state index contributed by atoms with van der Waals surface area (Å²) in [6.45, 7) is 5.72. The Balaban J connectivity index is 1.87. The van der Waals surface area contributed by atoms with E-state index in [0.29, 0.717) is 0 Å². The summed E-state index contributed by atoms with van der Waals surface area (Å²) < 4.78 is 0. The summed E-state index contributed by atoms with van der Waals surface area (Å²) in [4.78, 5) is 2.56. The second-order valence-electron chi connectivity index (χ2n) is 5.22. The van der Waals surface area contributed by atoms with Gasteiger partial charge in [0.05, 0.1) is 0 Å². The van der Waals surface area contributed by atoms with E-state index in [2.05, 4.69) is 24.0 Å². The van der Waals surface area contributed by atoms with E-state index in [1.165, 1.54) is 37.8 Å². The lowest BCUT2D eigenvalue weighted by atomic mass is 10.1. The van der Waals surface area contributed by atoms with Gasteiger partial charge in [0, 0.05) is 18.8 Å². The fraction of sp³-hybridized carbons (Fsp3) is 0.600. The molecule has 0 radical (unpaired) electrons. The van der Waals surface area contributed by atoms with Crippen LogP contribution in [0.1, 0.15) is 38.2 Å². The minimum absolute atomic E-state index is 0.854. The van der Waals surface area contributed by atoms with Crippen LogP contribution in [0.5, 0.6) is 0 Å². The van der Waals surface area contributed by atoms with Crippen molar-refractivity contribution < 1.29 is 0 Å². The minimum atomic E-state index is 0.854. The van der Waals surface area contributed by atoms with E-state index < -0.39 is 0 Å². The fourth-order valence-corrected chi connectivity index (χ4v) is 2.74. The average molecular weight is 232 g/mol. The second-order valence-corrected chi connectivity index (χ2v) is 5.22. The van der Waals surface area contributed by atoms with Crippen LogP contribution < -0.4 is 5.73 Å². The van der Waals surface area contributed by atoms with Gasteiger partial charge in [-0.25, -0.2) is 0 Å². The van der Waals surface area contributed by atoms with E-state index >= 15 is 0 Å². The van der Waals surface area contributed by atoms with Crippen molar-refractivity contribution in [3.8, 4) is 0 Å². The van der Waals surface area contributed by atoms with Gasteiger partial charge in [-0.15, -0.1) is 0 Å². The zero-order valence-electron chi connectivity index (χ0n) is 10.9. The number of nitrogens with two attached hydrogens (primary N) is 1. The molecule has 1 aliphatic carbocycles. The predicted molar refractivity (Wildman–Crippen MR) is 73.8 cm³/mol. The summed E-state index contributed by atoms with van der Waals surface area (Å²) in [6.07, 6.45) is 5.73. The van der Waals surface area contributed by atoms with Gasteiger partial charge in [0.2, 0.25) is 0 Å². The third-order valence-electron chi connectivity index (χ3n) is 3.82. The Morgan fingerprint density at radius 1 is 1.18 bits per heavy atom. The molecule has 1 aromatic carbocycles. The van der Waals surface area contributed by atoms with Crippen molar-refractivity contribution in [3.05, 3.63) is 29.8 Å². The average Bonchev–Trinajstić information content (AvgIpc) is 2.84. The third kappa shape index (κ3) is 3.74. The third-order valence-corrected chi connectivity index (χ3v) is 3.82. The molecule has 1 aliphatic rings. The van der Waals surface area contributed by atoms with E-state index in [1.54, 1.807) is 0 Å². The lowest BCUT2D eigenvalue weighted by molar-refractivity contribution is 0.235. The molecule has 0 aliphatic heterocycles. The molecule has 17 heavy (non-hydrogen) atoms. The first-order valence-corrected chi connectivity index (χ1v) is 6.84. The number of anilines is 1. The van der Waals surface area contributed by atoms with Crippen LogP contribution in [-0.4, -0.2) is 18.0 Å². The first-order chi connectivity index (χ1) is 8.28. The Morgan fingerprint density at radius 2 is 1.82 bits per heavy atom. The molecule has 0 unspecified atom stereocenters. The molecule has 1 fully saturated rings. The first-order valence-electron chi connectivity index (χ1n) is 6.84. The minimum Gasteiger partial charge on any atom is -0.399 e. The highest BCUT2D eigenvalue weighted by molar-refractivity contribution is 5.39. The quantitative estimate of drug-likeness (QED) is 0.789. The van der Waals surface area contributed by atoms with Crippen LogP contribution >= 0.6 is 0 Å². The number of benzene rings is 1. The summed E-state index contributed by atoms with van der Waals surface area (Å²) in [6, 6.07) is 8.29. The molecule has 94 valence electrons. The van der Waals surface area contributed by atoms with Crippen molar-refractivity contribution in [2.45, 2.75) is 39.2 Å². The summed E-state index contributed by atoms with van der Waals surface area (Å²) in [5.41, 5.74) is 7.94. The Kier molecular flexibility index (Phi) is 4.43. The van der Waals surface area contributed by atoms with Crippen LogP contribution in [-0.2, 0) is 6.54 Å². The van der Waals surface area contributed by atoms with Crippen molar-refractivity contribution >= 4 is 5.69 Å². The number of hydrogen-bond acceptors (Lipinski definition) is 2. The number of nitrogen functional groups attached to an aromatic ring is 1. The molecule has 2 heteroatoms. The van der Waals surface area contributed by atoms with E-state index in [0.717, 1.165) is 24.7 Å². The highest BCUT2D eigenvalue weighted by Gasteiger charge is 2.17. The number of nitrogens with zero attached hydrogens (tertiary/aromatic N) is 1. The summed E-state index contributed by atoms with van der Waals surface area (Å²) in [5.74, 6) is 0.934. The van der Waals surface area contributed by atoms with Crippen LogP contribution in [0, 0.1) is 5.92 Å². The van der Waals surface area contributed by atoms with E-state index in [-0.39, 0.29) is 0 Å². The Hall–Kier alpha value is -1.02. The molecular weight excluding hydrogens is 208 g/mol. The molecule has 0 bridgehead atoms. The summed E-state index contributed by atoms with van der Waals surface area (Å²) in [7, 11) is 0. The zero-order chi connectivity index (χ0) is 12.1. The summed E-state index contributed by atoms with van der Waals surface area (Å²) >= 11 is 0. The van der Waals surface area contributed by atoms with Crippen LogP contribution in [0.3, 0.4) is 0 Å². The number of rotatable bonds is 5. The molecule has 2 nitrogen and oxygen atoms in total. The van der Waals surface area contributed by atoms with Crippen LogP contribution in [0.4, 0.5) is 5.69 Å². The van der Waals surface area contributed by atoms with Gasteiger partial charge in [-0.05, 0) is 43.0 Å². The SMILES string of the molecule is CCN(Cc1ccc(N)cc1)CC1CCCC1. The Bertz CT molecular complexity index is 325. The Labute approximate surface area is 105 Å². The normalized spacial score (nSPS) is 16.8. The van der Waals surface area contributed by atoms with E-state index in [1.807, 2.05) is 12.1 Å². The maximum absolute atomic E-state index is 5.71. The highest BCUT2D eigenvalue weighted by Crippen LogP contribution is 2.25. The van der Waals surface area contributed by atoms with Crippen LogP contribution in [0.2, 0.25) is 0 Å². The monoisotopic (exact) mass is 232 g/mol. The van der Waals surface area contributed by atoms with E-state index in [9.17, 15) is 0 Å². The fourth-order valence-electron chi connectivity index (χ4n) is 2.74. The zero-order valence-corrected chi connectivity index (χ0v) is 10.9. The maximum Gasteiger partial charge on any atom is 0.0314 e. The molecule has 2 N–H and O–H groups in total. The van der Waals surface area contributed by atoms with Crippen LogP contribution in [0.15, 0.2) is 24.3 Å². The standard InChI is InChI=1S/C15H24N2/c1-2-17(11-13-5-3-4-6-13)12-14-7-9-15(16)10-8-14/h7-10,13H,2-6,11-12,16H2,1H3.